The van der Waals surface area contributed by atoms with Crippen molar-refractivity contribution in [3.8, 4) is 0 Å². The summed E-state index contributed by atoms with van der Waals surface area (Å²) in [7, 11) is 0. The van der Waals surface area contributed by atoms with Crippen molar-refractivity contribution in [2.24, 2.45) is 0 Å². The lowest BCUT2D eigenvalue weighted by atomic mass is 10.2. The number of hydrogen-bond donors (Lipinski definition) is 2. The molecule has 0 aliphatic carbocycles. The van der Waals surface area contributed by atoms with Crippen molar-refractivity contribution in [2.45, 2.75) is 6.92 Å². The number of morpholine rings is 1. The third-order valence-electron chi connectivity index (χ3n) is 4.59. The molecule has 28 heavy (non-hydrogen) atoms. The van der Waals surface area contributed by atoms with Gasteiger partial charge in [0, 0.05) is 49.3 Å². The molecular formula is C19H22ClN7O. The van der Waals surface area contributed by atoms with Gasteiger partial charge in [0.25, 0.3) is 0 Å². The van der Waals surface area contributed by atoms with Crippen LogP contribution in [0.15, 0.2) is 30.6 Å². The molecule has 1 saturated heterocycles. The molecule has 1 aliphatic heterocycles. The minimum atomic E-state index is 0.523. The molecule has 2 aromatic heterocycles. The van der Waals surface area contributed by atoms with E-state index in [-0.39, 0.29) is 0 Å². The number of aromatic nitrogens is 4. The third-order valence-corrected chi connectivity index (χ3v) is 4.82. The predicted molar refractivity (Wildman–Crippen MR) is 110 cm³/mol. The molecule has 0 radical (unpaired) electrons. The Hall–Kier alpha value is -2.55. The van der Waals surface area contributed by atoms with Crippen molar-refractivity contribution < 1.29 is 4.74 Å². The first kappa shape index (κ1) is 18.8. The summed E-state index contributed by atoms with van der Waals surface area (Å²) in [4.78, 5) is 20.2. The molecule has 1 aromatic carbocycles. The highest BCUT2D eigenvalue weighted by atomic mass is 35.5. The molecular weight excluding hydrogens is 378 g/mol. The van der Waals surface area contributed by atoms with Crippen molar-refractivity contribution in [1.29, 1.82) is 0 Å². The van der Waals surface area contributed by atoms with Gasteiger partial charge in [-0.1, -0.05) is 11.6 Å². The minimum absolute atomic E-state index is 0.523. The maximum absolute atomic E-state index is 6.06. The first-order valence-electron chi connectivity index (χ1n) is 9.25. The van der Waals surface area contributed by atoms with Crippen LogP contribution in [0.3, 0.4) is 0 Å². The molecule has 4 rings (SSSR count). The van der Waals surface area contributed by atoms with E-state index in [1.807, 2.05) is 25.1 Å². The molecule has 0 amide bonds. The van der Waals surface area contributed by atoms with Gasteiger partial charge >= 0.3 is 0 Å². The number of anilines is 3. The van der Waals surface area contributed by atoms with Gasteiger partial charge in [0.2, 0.25) is 5.95 Å². The number of nitrogens with one attached hydrogen (secondary N) is 2. The van der Waals surface area contributed by atoms with Gasteiger partial charge in [-0.25, -0.2) is 9.97 Å². The molecule has 1 fully saturated rings. The zero-order valence-corrected chi connectivity index (χ0v) is 16.4. The monoisotopic (exact) mass is 399 g/mol. The molecule has 0 saturated carbocycles. The molecule has 0 bridgehead atoms. The van der Waals surface area contributed by atoms with Crippen LogP contribution in [0.4, 0.5) is 17.5 Å². The van der Waals surface area contributed by atoms with Crippen molar-refractivity contribution in [3.63, 3.8) is 0 Å². The second-order valence-electron chi connectivity index (χ2n) is 6.59. The molecule has 8 nitrogen and oxygen atoms in total. The number of fused-ring (bicyclic) bond motifs is 1. The van der Waals surface area contributed by atoms with E-state index in [1.54, 1.807) is 12.4 Å². The van der Waals surface area contributed by atoms with Crippen LogP contribution in [-0.2, 0) is 4.74 Å². The van der Waals surface area contributed by atoms with Gasteiger partial charge in [-0.05, 0) is 30.7 Å². The van der Waals surface area contributed by atoms with Crippen LogP contribution in [0, 0.1) is 6.92 Å². The van der Waals surface area contributed by atoms with Crippen molar-refractivity contribution >= 4 is 40.2 Å². The summed E-state index contributed by atoms with van der Waals surface area (Å²) >= 11 is 6.06. The zero-order valence-electron chi connectivity index (χ0n) is 15.7. The van der Waals surface area contributed by atoms with Gasteiger partial charge in [-0.2, -0.15) is 9.97 Å². The van der Waals surface area contributed by atoms with E-state index < -0.39 is 0 Å². The van der Waals surface area contributed by atoms with E-state index in [2.05, 4.69) is 35.5 Å². The summed E-state index contributed by atoms with van der Waals surface area (Å²) < 4.78 is 5.38. The van der Waals surface area contributed by atoms with Gasteiger partial charge in [0.05, 0.1) is 13.2 Å². The van der Waals surface area contributed by atoms with Gasteiger partial charge in [0.15, 0.2) is 17.0 Å². The normalized spacial score (nSPS) is 14.9. The zero-order chi connectivity index (χ0) is 19.3. The van der Waals surface area contributed by atoms with Crippen molar-refractivity contribution in [3.05, 3.63) is 41.2 Å². The second kappa shape index (κ2) is 8.64. The molecule has 146 valence electrons. The molecule has 3 aromatic rings. The minimum Gasteiger partial charge on any atom is -0.379 e. The highest BCUT2D eigenvalue weighted by Crippen LogP contribution is 2.26. The lowest BCUT2D eigenvalue weighted by Crippen LogP contribution is -2.39. The number of nitrogens with zero attached hydrogens (tertiary/aromatic N) is 5. The average molecular weight is 400 g/mol. The summed E-state index contributed by atoms with van der Waals surface area (Å²) in [5, 5.41) is 7.34. The Balaban J connectivity index is 1.54. The Morgan fingerprint density at radius 3 is 2.79 bits per heavy atom. The Bertz CT molecular complexity index is 962. The van der Waals surface area contributed by atoms with Crippen LogP contribution in [0.25, 0.3) is 11.2 Å². The molecule has 3 heterocycles. The van der Waals surface area contributed by atoms with Crippen molar-refractivity contribution in [2.75, 3.05) is 50.0 Å². The Kier molecular flexibility index (Phi) is 5.80. The fourth-order valence-corrected chi connectivity index (χ4v) is 3.30. The predicted octanol–water partition coefficient (Wildman–Crippen LogP) is 2.87. The Morgan fingerprint density at radius 2 is 1.96 bits per heavy atom. The van der Waals surface area contributed by atoms with E-state index in [1.165, 1.54) is 0 Å². The molecule has 0 spiro atoms. The molecule has 1 aliphatic rings. The molecule has 2 N–H and O–H groups in total. The standard InChI is InChI=1S/C19H22ClN7O/c1-13-12-14(20)2-3-15(13)24-18-16-17(22-5-4-21-16)25-19(26-18)23-6-7-27-8-10-28-11-9-27/h2-5,12H,6-11H2,1H3,(H2,22,23,24,25,26). The summed E-state index contributed by atoms with van der Waals surface area (Å²) in [5.74, 6) is 1.13. The highest BCUT2D eigenvalue weighted by Gasteiger charge is 2.13. The fourth-order valence-electron chi connectivity index (χ4n) is 3.08. The van der Waals surface area contributed by atoms with Crippen LogP contribution in [0.2, 0.25) is 5.02 Å². The number of halogens is 1. The van der Waals surface area contributed by atoms with Crippen LogP contribution >= 0.6 is 11.6 Å². The van der Waals surface area contributed by atoms with Gasteiger partial charge < -0.3 is 15.4 Å². The number of ether oxygens (including phenoxy) is 1. The van der Waals surface area contributed by atoms with E-state index >= 15 is 0 Å². The van der Waals surface area contributed by atoms with Gasteiger partial charge in [-0.3, -0.25) is 4.90 Å². The Morgan fingerprint density at radius 1 is 1.14 bits per heavy atom. The summed E-state index contributed by atoms with van der Waals surface area (Å²) in [6, 6.07) is 5.67. The third kappa shape index (κ3) is 4.46. The molecule has 0 atom stereocenters. The summed E-state index contributed by atoms with van der Waals surface area (Å²) in [6.45, 7) is 7.12. The van der Waals surface area contributed by atoms with Crippen LogP contribution < -0.4 is 10.6 Å². The van der Waals surface area contributed by atoms with E-state index in [0.29, 0.717) is 28.0 Å². The quantitative estimate of drug-likeness (QED) is 0.654. The topological polar surface area (TPSA) is 88.1 Å². The number of rotatable bonds is 6. The highest BCUT2D eigenvalue weighted by molar-refractivity contribution is 6.30. The van der Waals surface area contributed by atoms with E-state index in [4.69, 9.17) is 16.3 Å². The number of hydrogen-bond acceptors (Lipinski definition) is 8. The maximum Gasteiger partial charge on any atom is 0.226 e. The number of aryl methyl sites for hydroxylation is 1. The van der Waals surface area contributed by atoms with Gasteiger partial charge in [0.1, 0.15) is 0 Å². The van der Waals surface area contributed by atoms with Crippen molar-refractivity contribution in [1.82, 2.24) is 24.8 Å². The van der Waals surface area contributed by atoms with Crippen LogP contribution in [0.5, 0.6) is 0 Å². The molecule has 0 unspecified atom stereocenters. The second-order valence-corrected chi connectivity index (χ2v) is 7.03. The fraction of sp³-hybridized carbons (Fsp3) is 0.368. The molecule has 9 heteroatoms. The smallest absolute Gasteiger partial charge is 0.226 e. The largest absolute Gasteiger partial charge is 0.379 e. The van der Waals surface area contributed by atoms with E-state index in [0.717, 1.165) is 50.6 Å². The first-order chi connectivity index (χ1) is 13.7. The summed E-state index contributed by atoms with van der Waals surface area (Å²) in [6.07, 6.45) is 3.27. The van der Waals surface area contributed by atoms with Gasteiger partial charge in [-0.15, -0.1) is 0 Å². The average Bonchev–Trinajstić information content (AvgIpc) is 2.71. The number of benzene rings is 1. The summed E-state index contributed by atoms with van der Waals surface area (Å²) in [5.41, 5.74) is 3.09. The van der Waals surface area contributed by atoms with Crippen LogP contribution in [0.1, 0.15) is 5.56 Å². The first-order valence-corrected chi connectivity index (χ1v) is 9.63. The van der Waals surface area contributed by atoms with Crippen LogP contribution in [-0.4, -0.2) is 64.2 Å². The Labute approximate surface area is 168 Å². The van der Waals surface area contributed by atoms with E-state index in [9.17, 15) is 0 Å². The lowest BCUT2D eigenvalue weighted by Gasteiger charge is -2.26. The SMILES string of the molecule is Cc1cc(Cl)ccc1Nc1nc(NCCN2CCOCC2)nc2nccnc12. The maximum atomic E-state index is 6.06. The lowest BCUT2D eigenvalue weighted by molar-refractivity contribution is 0.0398.